The third-order valence-electron chi connectivity index (χ3n) is 2.99. The van der Waals surface area contributed by atoms with Crippen LogP contribution in [-0.4, -0.2) is 49.7 Å². The molecule has 1 rings (SSSR count). The van der Waals surface area contributed by atoms with Gasteiger partial charge in [-0.1, -0.05) is 0 Å². The second-order valence-electron chi connectivity index (χ2n) is 4.89. The van der Waals surface area contributed by atoms with Crippen LogP contribution in [0.4, 0.5) is 0 Å². The van der Waals surface area contributed by atoms with E-state index in [1.807, 2.05) is 6.92 Å². The van der Waals surface area contributed by atoms with Gasteiger partial charge in [0, 0.05) is 26.7 Å². The second kappa shape index (κ2) is 6.21. The number of likely N-dealkylation sites (N-methyl/N-ethyl adjacent to an activating group) is 1. The molecular weight excluding hydrogens is 204 g/mol. The first-order valence-corrected chi connectivity index (χ1v) is 6.09. The minimum Gasteiger partial charge on any atom is -0.378 e. The molecular formula is C12H24N2O2. The zero-order valence-corrected chi connectivity index (χ0v) is 10.8. The highest BCUT2D eigenvalue weighted by atomic mass is 16.5. The Morgan fingerprint density at radius 2 is 2.19 bits per heavy atom. The molecule has 0 aromatic heterocycles. The lowest BCUT2D eigenvalue weighted by Crippen LogP contribution is -2.46. The summed E-state index contributed by atoms with van der Waals surface area (Å²) in [6.07, 6.45) is 3.69. The first-order valence-electron chi connectivity index (χ1n) is 6.09. The Bertz CT molecular complexity index is 225. The molecule has 1 N–H and O–H groups in total. The molecule has 1 saturated heterocycles. The lowest BCUT2D eigenvalue weighted by atomic mass is 10.1. The van der Waals surface area contributed by atoms with Crippen molar-refractivity contribution in [1.29, 1.82) is 0 Å². The number of carbonyl (C=O) groups is 1. The van der Waals surface area contributed by atoms with Crippen LogP contribution in [0.25, 0.3) is 0 Å². The Morgan fingerprint density at radius 1 is 1.50 bits per heavy atom. The number of hydrogen-bond acceptors (Lipinski definition) is 3. The minimum atomic E-state index is -0.119. The van der Waals surface area contributed by atoms with Gasteiger partial charge in [0.05, 0.1) is 12.1 Å². The fraction of sp³-hybridized carbons (Fsp3) is 0.917. The Hall–Kier alpha value is -0.610. The minimum absolute atomic E-state index is 0.119. The standard InChI is InChI=1S/C12H24N2O2/c1-9(8-11-6-5-7-16-11)13-10(2)12(15)14(3)4/h9-11,13H,5-8H2,1-4H3/t9?,10-,11?/m1/s1. The maximum absolute atomic E-state index is 11.6. The lowest BCUT2D eigenvalue weighted by Gasteiger charge is -2.23. The van der Waals surface area contributed by atoms with Crippen molar-refractivity contribution >= 4 is 5.91 Å². The smallest absolute Gasteiger partial charge is 0.238 e. The number of carbonyl (C=O) groups excluding carboxylic acids is 1. The summed E-state index contributed by atoms with van der Waals surface area (Å²) in [7, 11) is 3.57. The third kappa shape index (κ3) is 4.10. The monoisotopic (exact) mass is 228 g/mol. The summed E-state index contributed by atoms with van der Waals surface area (Å²) >= 11 is 0. The normalized spacial score (nSPS) is 24.1. The van der Waals surface area contributed by atoms with E-state index in [2.05, 4.69) is 12.2 Å². The van der Waals surface area contributed by atoms with Gasteiger partial charge in [-0.05, 0) is 33.1 Å². The van der Waals surface area contributed by atoms with Gasteiger partial charge in [0.1, 0.15) is 0 Å². The summed E-state index contributed by atoms with van der Waals surface area (Å²) in [5, 5.41) is 3.32. The first-order chi connectivity index (χ1) is 7.50. The predicted octanol–water partition coefficient (Wildman–Crippen LogP) is 1.01. The topological polar surface area (TPSA) is 41.6 Å². The molecule has 94 valence electrons. The van der Waals surface area contributed by atoms with Crippen molar-refractivity contribution in [3.63, 3.8) is 0 Å². The van der Waals surface area contributed by atoms with Gasteiger partial charge in [0.2, 0.25) is 5.91 Å². The largest absolute Gasteiger partial charge is 0.378 e. The van der Waals surface area contributed by atoms with E-state index in [-0.39, 0.29) is 11.9 Å². The molecule has 0 saturated carbocycles. The molecule has 1 aliphatic heterocycles. The quantitative estimate of drug-likeness (QED) is 0.763. The van der Waals surface area contributed by atoms with Crippen LogP contribution in [0.3, 0.4) is 0 Å². The van der Waals surface area contributed by atoms with Gasteiger partial charge in [-0.15, -0.1) is 0 Å². The maximum Gasteiger partial charge on any atom is 0.238 e. The van der Waals surface area contributed by atoms with Crippen LogP contribution in [0, 0.1) is 0 Å². The van der Waals surface area contributed by atoms with Gasteiger partial charge in [0.15, 0.2) is 0 Å². The maximum atomic E-state index is 11.6. The van der Waals surface area contributed by atoms with Crippen LogP contribution in [-0.2, 0) is 9.53 Å². The van der Waals surface area contributed by atoms with Crippen LogP contribution >= 0.6 is 0 Å². The van der Waals surface area contributed by atoms with Gasteiger partial charge in [0.25, 0.3) is 0 Å². The van der Waals surface area contributed by atoms with Crippen LogP contribution in [0.5, 0.6) is 0 Å². The first kappa shape index (κ1) is 13.5. The lowest BCUT2D eigenvalue weighted by molar-refractivity contribution is -0.130. The summed E-state index contributed by atoms with van der Waals surface area (Å²) in [6, 6.07) is 0.202. The molecule has 16 heavy (non-hydrogen) atoms. The van der Waals surface area contributed by atoms with Gasteiger partial charge >= 0.3 is 0 Å². The Labute approximate surface area is 98.3 Å². The molecule has 4 nitrogen and oxygen atoms in total. The average molecular weight is 228 g/mol. The summed E-state index contributed by atoms with van der Waals surface area (Å²) in [5.74, 6) is 0.124. The van der Waals surface area contributed by atoms with Gasteiger partial charge < -0.3 is 15.0 Å². The molecule has 0 aromatic rings. The van der Waals surface area contributed by atoms with Crippen molar-refractivity contribution in [2.45, 2.75) is 51.3 Å². The zero-order valence-electron chi connectivity index (χ0n) is 10.8. The molecule has 4 heteroatoms. The van der Waals surface area contributed by atoms with Crippen LogP contribution in [0.1, 0.15) is 33.1 Å². The van der Waals surface area contributed by atoms with Crippen molar-refractivity contribution in [1.82, 2.24) is 10.2 Å². The fourth-order valence-electron chi connectivity index (χ4n) is 2.18. The Morgan fingerprint density at radius 3 is 2.69 bits per heavy atom. The van der Waals surface area contributed by atoms with Crippen molar-refractivity contribution < 1.29 is 9.53 Å². The van der Waals surface area contributed by atoms with E-state index in [1.165, 1.54) is 6.42 Å². The number of ether oxygens (including phenoxy) is 1. The number of hydrogen-bond donors (Lipinski definition) is 1. The van der Waals surface area contributed by atoms with E-state index < -0.39 is 0 Å². The predicted molar refractivity (Wildman–Crippen MR) is 64.3 cm³/mol. The molecule has 1 aliphatic rings. The highest BCUT2D eigenvalue weighted by Crippen LogP contribution is 2.16. The van der Waals surface area contributed by atoms with Gasteiger partial charge in [-0.2, -0.15) is 0 Å². The summed E-state index contributed by atoms with van der Waals surface area (Å²) in [4.78, 5) is 13.3. The van der Waals surface area contributed by atoms with Crippen molar-refractivity contribution in [2.24, 2.45) is 0 Å². The van der Waals surface area contributed by atoms with E-state index in [9.17, 15) is 4.79 Å². The second-order valence-corrected chi connectivity index (χ2v) is 4.89. The SMILES string of the molecule is CC(CC1CCCO1)N[C@H](C)C(=O)N(C)C. The molecule has 1 heterocycles. The molecule has 3 atom stereocenters. The third-order valence-corrected chi connectivity index (χ3v) is 2.99. The van der Waals surface area contributed by atoms with E-state index >= 15 is 0 Å². The molecule has 1 amide bonds. The van der Waals surface area contributed by atoms with Crippen molar-refractivity contribution in [3.05, 3.63) is 0 Å². The Balaban J connectivity index is 2.27. The number of nitrogens with zero attached hydrogens (tertiary/aromatic N) is 1. The molecule has 0 radical (unpaired) electrons. The molecule has 0 aromatic carbocycles. The summed E-state index contributed by atoms with van der Waals surface area (Å²) in [6.45, 7) is 4.92. The van der Waals surface area contributed by atoms with Crippen molar-refractivity contribution in [2.75, 3.05) is 20.7 Å². The summed E-state index contributed by atoms with van der Waals surface area (Å²) < 4.78 is 5.58. The zero-order chi connectivity index (χ0) is 12.1. The van der Waals surface area contributed by atoms with Crippen molar-refractivity contribution in [3.8, 4) is 0 Å². The molecule has 0 aliphatic carbocycles. The van der Waals surface area contributed by atoms with Gasteiger partial charge in [-0.3, -0.25) is 4.79 Å². The Kier molecular flexibility index (Phi) is 5.22. The van der Waals surface area contributed by atoms with E-state index in [4.69, 9.17) is 4.74 Å². The van der Waals surface area contributed by atoms with Gasteiger partial charge in [-0.25, -0.2) is 0 Å². The van der Waals surface area contributed by atoms with Crippen LogP contribution in [0.2, 0.25) is 0 Å². The molecule has 0 bridgehead atoms. The highest BCUT2D eigenvalue weighted by molar-refractivity contribution is 5.80. The molecule has 0 spiro atoms. The van der Waals surface area contributed by atoms with Crippen LogP contribution in [0.15, 0.2) is 0 Å². The fourth-order valence-corrected chi connectivity index (χ4v) is 2.18. The van der Waals surface area contributed by atoms with Crippen LogP contribution < -0.4 is 5.32 Å². The van der Waals surface area contributed by atoms with E-state index in [1.54, 1.807) is 19.0 Å². The van der Waals surface area contributed by atoms with E-state index in [0.717, 1.165) is 19.4 Å². The molecule has 1 fully saturated rings. The number of rotatable bonds is 5. The number of amides is 1. The highest BCUT2D eigenvalue weighted by Gasteiger charge is 2.21. The summed E-state index contributed by atoms with van der Waals surface area (Å²) in [5.41, 5.74) is 0. The molecule has 2 unspecified atom stereocenters. The average Bonchev–Trinajstić information content (AvgIpc) is 2.68. The number of nitrogens with one attached hydrogen (secondary N) is 1. The van der Waals surface area contributed by atoms with E-state index in [0.29, 0.717) is 12.1 Å².